The molecule has 0 atom stereocenters. The highest BCUT2D eigenvalue weighted by Crippen LogP contribution is 2.62. The zero-order valence-electron chi connectivity index (χ0n) is 16.9. The Hall–Kier alpha value is -1.58. The fourth-order valence-electron chi connectivity index (χ4n) is 2.24. The van der Waals surface area contributed by atoms with Crippen LogP contribution in [-0.2, 0) is 0 Å². The first-order valence-electron chi connectivity index (χ1n) is 8.63. The highest BCUT2D eigenvalue weighted by molar-refractivity contribution is 5.11. The summed E-state index contributed by atoms with van der Waals surface area (Å²) in [6.07, 6.45) is -18.4. The normalized spacial score (nSPS) is 16.5. The van der Waals surface area contributed by atoms with Crippen molar-refractivity contribution in [2.24, 2.45) is 0 Å². The first-order chi connectivity index (χ1) is 15.7. The molecule has 23 heteroatoms. The van der Waals surface area contributed by atoms with Gasteiger partial charge in [0.2, 0.25) is 0 Å². The molecule has 0 spiro atoms. The van der Waals surface area contributed by atoms with E-state index in [1.807, 2.05) is 0 Å². The second-order valence-electron chi connectivity index (χ2n) is 7.03. The van der Waals surface area contributed by atoms with Gasteiger partial charge in [0.05, 0.1) is 0 Å². The molecule has 0 aromatic rings. The van der Waals surface area contributed by atoms with Gasteiger partial charge in [0.15, 0.2) is 0 Å². The van der Waals surface area contributed by atoms with E-state index in [1.165, 1.54) is 0 Å². The van der Waals surface area contributed by atoms with Gasteiger partial charge in [-0.25, -0.2) is 0 Å². The average molecular weight is 609 g/mol. The first kappa shape index (κ1) is 35.4. The minimum Gasteiger partial charge on any atom is -0.192 e. The number of hydrogen-bond donors (Lipinski definition) is 0. The van der Waals surface area contributed by atoms with Crippen molar-refractivity contribution in [3.63, 3.8) is 0 Å². The van der Waals surface area contributed by atoms with E-state index in [0.717, 1.165) is 0 Å². The zero-order valence-corrected chi connectivity index (χ0v) is 16.9. The third-order valence-electron chi connectivity index (χ3n) is 4.46. The summed E-state index contributed by atoms with van der Waals surface area (Å²) in [6.45, 7) is -2.41. The van der Waals surface area contributed by atoms with Crippen LogP contribution < -0.4 is 0 Å². The first-order valence-corrected chi connectivity index (χ1v) is 8.63. The summed E-state index contributed by atoms with van der Waals surface area (Å²) >= 11 is 0. The fraction of sp³-hybridized carbons (Fsp3) is 1.00. The minimum atomic E-state index is -8.56. The van der Waals surface area contributed by atoms with Crippen molar-refractivity contribution in [3.8, 4) is 0 Å². The Bertz CT molecular complexity index is 726. The molecule has 0 aromatic heterocycles. The highest BCUT2D eigenvalue weighted by Gasteiger charge is 2.93. The Morgan fingerprint density at radius 2 is 0.622 bits per heavy atom. The molecule has 0 saturated carbocycles. The van der Waals surface area contributed by atoms with Crippen LogP contribution in [-0.4, -0.2) is 71.4 Å². The lowest BCUT2D eigenvalue weighted by Crippen LogP contribution is -2.76. The van der Waals surface area contributed by atoms with Crippen LogP contribution in [0.1, 0.15) is 19.8 Å². The number of alkyl halides is 22. The van der Waals surface area contributed by atoms with E-state index in [2.05, 4.69) is 0 Å². The van der Waals surface area contributed by atoms with Crippen LogP contribution in [0.4, 0.5) is 96.6 Å². The van der Waals surface area contributed by atoms with Crippen molar-refractivity contribution < 1.29 is 96.6 Å². The predicted octanol–water partition coefficient (Wildman–Crippen LogP) is 8.21. The Balaban J connectivity index is 7.27. The Morgan fingerprint density at radius 1 is 0.378 bits per heavy atom. The molecule has 0 aromatic carbocycles. The molecular weight excluding hydrogens is 600 g/mol. The summed E-state index contributed by atoms with van der Waals surface area (Å²) in [5.41, 5.74) is 0. The van der Waals surface area contributed by atoms with Crippen molar-refractivity contribution in [1.29, 1.82) is 0 Å². The summed E-state index contributed by atoms with van der Waals surface area (Å²) in [7, 11) is 0. The van der Waals surface area contributed by atoms with Gasteiger partial charge in [-0.2, -0.15) is 101 Å². The second kappa shape index (κ2) is 9.26. The van der Waals surface area contributed by atoms with E-state index in [4.69, 9.17) is 0 Å². The van der Waals surface area contributed by atoms with Crippen LogP contribution in [0.25, 0.3) is 0 Å². The van der Waals surface area contributed by atoms with Crippen LogP contribution in [0.2, 0.25) is 0 Å². The van der Waals surface area contributed by atoms with Gasteiger partial charge in [-0.05, 0) is 6.42 Å². The summed E-state index contributed by atoms with van der Waals surface area (Å²) in [5.74, 6) is -50.8. The third kappa shape index (κ3) is 4.84. The standard InChI is InChI=1S/C14H9F22N/c1-2-3-4-37(13(33,34)9(23,24)5(15,16)7(19,20)11(27,28)29)14(35,36)10(25,26)6(17,18)8(21,22)12(30,31)32/h2-4H2,1H3. The molecule has 0 aliphatic heterocycles. The van der Waals surface area contributed by atoms with E-state index in [1.54, 1.807) is 0 Å². The van der Waals surface area contributed by atoms with Gasteiger partial charge in [-0.15, -0.1) is 0 Å². The van der Waals surface area contributed by atoms with Crippen LogP contribution >= 0.6 is 0 Å². The van der Waals surface area contributed by atoms with Crippen molar-refractivity contribution >= 4 is 0 Å². The molecule has 0 radical (unpaired) electrons. The SMILES string of the molecule is CCCCN(C(F)(F)C(F)(F)C(F)(F)C(F)(F)C(F)(F)F)C(F)(F)C(F)(F)C(F)(F)C(F)(F)C(F)(F)F. The van der Waals surface area contributed by atoms with Crippen LogP contribution in [0.3, 0.4) is 0 Å². The summed E-state index contributed by atoms with van der Waals surface area (Å²) < 4.78 is 289. The van der Waals surface area contributed by atoms with Gasteiger partial charge < -0.3 is 0 Å². The van der Waals surface area contributed by atoms with Gasteiger partial charge in [0.25, 0.3) is 0 Å². The maximum absolute atomic E-state index is 14.1. The molecule has 0 heterocycles. The summed E-state index contributed by atoms with van der Waals surface area (Å²) in [4.78, 5) is -3.58. The molecule has 0 N–H and O–H groups in total. The number of unbranched alkanes of at least 4 members (excludes halogenated alkanes) is 1. The predicted molar refractivity (Wildman–Crippen MR) is 73.3 cm³/mol. The molecule has 0 fully saturated rings. The average Bonchev–Trinajstić information content (AvgIpc) is 2.65. The lowest BCUT2D eigenvalue weighted by molar-refractivity contribution is -0.480. The molecule has 0 bridgehead atoms. The van der Waals surface area contributed by atoms with Crippen LogP contribution in [0, 0.1) is 0 Å². The quantitative estimate of drug-likeness (QED) is 0.169. The Morgan fingerprint density at radius 3 is 0.811 bits per heavy atom. The van der Waals surface area contributed by atoms with Crippen molar-refractivity contribution in [1.82, 2.24) is 4.90 Å². The molecule has 0 aliphatic rings. The van der Waals surface area contributed by atoms with Gasteiger partial charge >= 0.3 is 60.0 Å². The Kier molecular flexibility index (Phi) is 8.87. The van der Waals surface area contributed by atoms with E-state index >= 15 is 0 Å². The lowest BCUT2D eigenvalue weighted by atomic mass is 9.97. The molecular formula is C14H9F22N. The van der Waals surface area contributed by atoms with E-state index in [-0.39, 0.29) is 0 Å². The maximum Gasteiger partial charge on any atom is 0.460 e. The molecule has 1 nitrogen and oxygen atoms in total. The zero-order chi connectivity index (χ0) is 30.7. The summed E-state index contributed by atoms with van der Waals surface area (Å²) in [6, 6.07) is -16.4. The van der Waals surface area contributed by atoms with Gasteiger partial charge in [-0.3, -0.25) is 0 Å². The highest BCUT2D eigenvalue weighted by atomic mass is 19.4. The van der Waals surface area contributed by atoms with E-state index in [9.17, 15) is 96.6 Å². The van der Waals surface area contributed by atoms with Gasteiger partial charge in [0, 0.05) is 6.54 Å². The van der Waals surface area contributed by atoms with Gasteiger partial charge in [0.1, 0.15) is 0 Å². The number of hydrogen-bond acceptors (Lipinski definition) is 1. The molecule has 37 heavy (non-hydrogen) atoms. The van der Waals surface area contributed by atoms with E-state index < -0.39 is 84.3 Å². The molecule has 224 valence electrons. The Labute approximate surface area is 189 Å². The maximum atomic E-state index is 14.1. The summed E-state index contributed by atoms with van der Waals surface area (Å²) in [5, 5.41) is 0. The topological polar surface area (TPSA) is 3.24 Å². The molecule has 0 aliphatic carbocycles. The lowest BCUT2D eigenvalue weighted by Gasteiger charge is -2.46. The van der Waals surface area contributed by atoms with Crippen molar-refractivity contribution in [2.75, 3.05) is 6.54 Å². The number of nitrogens with zero attached hydrogens (tertiary/aromatic N) is 1. The second-order valence-corrected chi connectivity index (χ2v) is 7.03. The molecule has 0 unspecified atom stereocenters. The molecule has 0 rings (SSSR count). The smallest absolute Gasteiger partial charge is 0.192 e. The van der Waals surface area contributed by atoms with Crippen molar-refractivity contribution in [2.45, 2.75) is 79.7 Å². The fourth-order valence-corrected chi connectivity index (χ4v) is 2.24. The monoisotopic (exact) mass is 609 g/mol. The third-order valence-corrected chi connectivity index (χ3v) is 4.46. The largest absolute Gasteiger partial charge is 0.460 e. The molecule has 0 amide bonds. The molecule has 0 saturated heterocycles. The van der Waals surface area contributed by atoms with Crippen molar-refractivity contribution in [3.05, 3.63) is 0 Å². The van der Waals surface area contributed by atoms with Crippen LogP contribution in [0.5, 0.6) is 0 Å². The minimum absolute atomic E-state index is 0.642. The number of halogens is 22. The van der Waals surface area contributed by atoms with E-state index in [0.29, 0.717) is 6.92 Å². The number of rotatable bonds is 11. The van der Waals surface area contributed by atoms with Crippen LogP contribution in [0.15, 0.2) is 0 Å². The van der Waals surface area contributed by atoms with Gasteiger partial charge in [-0.1, -0.05) is 13.3 Å².